The maximum absolute atomic E-state index is 13.3. The van der Waals surface area contributed by atoms with Crippen molar-refractivity contribution in [2.75, 3.05) is 4.90 Å². The first-order chi connectivity index (χ1) is 15.8. The fourth-order valence-corrected chi connectivity index (χ4v) is 4.46. The topological polar surface area (TPSA) is 75.0 Å². The Morgan fingerprint density at radius 3 is 2.56 bits per heavy atom. The lowest BCUT2D eigenvalue weighted by Crippen LogP contribution is -2.24. The van der Waals surface area contributed by atoms with Gasteiger partial charge >= 0.3 is 0 Å². The van der Waals surface area contributed by atoms with Gasteiger partial charge in [0.05, 0.1) is 12.2 Å². The van der Waals surface area contributed by atoms with Crippen molar-refractivity contribution < 1.29 is 4.42 Å². The molecule has 1 atom stereocenters. The average molecular weight is 420 g/mol. The largest absolute Gasteiger partial charge is 0.463 e. The molecule has 3 aromatic heterocycles. The molecule has 1 N–H and O–H groups in total. The van der Waals surface area contributed by atoms with Gasteiger partial charge < -0.3 is 14.3 Å². The molecule has 0 amide bonds. The fourth-order valence-electron chi connectivity index (χ4n) is 4.46. The number of aromatic amines is 1. The molecule has 0 radical (unpaired) electrons. The molecule has 5 aromatic rings. The SMILES string of the molecule is O=c1c2c([nH]c3ccccc13)C(c1ccc(Cc3ccccc3)o1)N(c1ncccn1)C2. The summed E-state index contributed by atoms with van der Waals surface area (Å²) in [5.74, 6) is 2.19. The van der Waals surface area contributed by atoms with Crippen molar-refractivity contribution in [3.8, 4) is 0 Å². The third-order valence-corrected chi connectivity index (χ3v) is 5.94. The Bertz CT molecular complexity index is 1460. The quantitative estimate of drug-likeness (QED) is 0.460. The van der Waals surface area contributed by atoms with Crippen LogP contribution in [-0.2, 0) is 13.0 Å². The van der Waals surface area contributed by atoms with Crippen LogP contribution in [0.2, 0.25) is 0 Å². The molecule has 32 heavy (non-hydrogen) atoms. The third-order valence-electron chi connectivity index (χ3n) is 5.94. The van der Waals surface area contributed by atoms with Crippen LogP contribution in [0.15, 0.2) is 94.4 Å². The summed E-state index contributed by atoms with van der Waals surface area (Å²) in [7, 11) is 0. The predicted octanol–water partition coefficient (Wildman–Crippen LogP) is 4.61. The van der Waals surface area contributed by atoms with Crippen LogP contribution in [0.3, 0.4) is 0 Å². The van der Waals surface area contributed by atoms with Gasteiger partial charge in [0, 0.05) is 35.3 Å². The minimum absolute atomic E-state index is 0.0360. The Kier molecular flexibility index (Phi) is 4.35. The minimum atomic E-state index is -0.311. The van der Waals surface area contributed by atoms with Crippen molar-refractivity contribution in [1.29, 1.82) is 0 Å². The molecule has 0 aliphatic carbocycles. The molecule has 156 valence electrons. The highest BCUT2D eigenvalue weighted by atomic mass is 16.3. The number of H-pyrrole nitrogens is 1. The Balaban J connectivity index is 1.48. The average Bonchev–Trinajstić information content (AvgIpc) is 3.45. The second-order valence-electron chi connectivity index (χ2n) is 7.94. The van der Waals surface area contributed by atoms with Crippen LogP contribution in [0.1, 0.15) is 34.4 Å². The van der Waals surface area contributed by atoms with E-state index in [0.29, 0.717) is 24.3 Å². The van der Waals surface area contributed by atoms with Crippen molar-refractivity contribution in [3.63, 3.8) is 0 Å². The third kappa shape index (κ3) is 3.08. The van der Waals surface area contributed by atoms with Gasteiger partial charge in [0.1, 0.15) is 17.6 Å². The summed E-state index contributed by atoms with van der Waals surface area (Å²) in [6.45, 7) is 0.416. The van der Waals surface area contributed by atoms with Crippen LogP contribution >= 0.6 is 0 Å². The normalized spacial score (nSPS) is 15.2. The molecule has 0 saturated heterocycles. The van der Waals surface area contributed by atoms with E-state index in [4.69, 9.17) is 4.42 Å². The molecule has 0 bridgehead atoms. The van der Waals surface area contributed by atoms with E-state index in [1.165, 1.54) is 5.56 Å². The van der Waals surface area contributed by atoms with Gasteiger partial charge in [-0.2, -0.15) is 0 Å². The van der Waals surface area contributed by atoms with Gasteiger partial charge in [-0.3, -0.25) is 4.79 Å². The van der Waals surface area contributed by atoms with Gasteiger partial charge in [-0.1, -0.05) is 42.5 Å². The zero-order valence-corrected chi connectivity index (χ0v) is 17.2. The number of anilines is 1. The maximum atomic E-state index is 13.3. The zero-order chi connectivity index (χ0) is 21.5. The van der Waals surface area contributed by atoms with E-state index >= 15 is 0 Å². The van der Waals surface area contributed by atoms with Gasteiger partial charge in [0.25, 0.3) is 0 Å². The summed E-state index contributed by atoms with van der Waals surface area (Å²) in [5, 5.41) is 0.685. The number of aromatic nitrogens is 3. The molecule has 0 saturated carbocycles. The summed E-state index contributed by atoms with van der Waals surface area (Å²) in [6.07, 6.45) is 4.13. The predicted molar refractivity (Wildman–Crippen MR) is 123 cm³/mol. The molecule has 6 rings (SSSR count). The highest BCUT2D eigenvalue weighted by Gasteiger charge is 2.38. The van der Waals surface area contributed by atoms with E-state index in [9.17, 15) is 4.79 Å². The van der Waals surface area contributed by atoms with Gasteiger partial charge in [-0.05, 0) is 35.9 Å². The number of hydrogen-bond acceptors (Lipinski definition) is 5. The first kappa shape index (κ1) is 18.6. The summed E-state index contributed by atoms with van der Waals surface area (Å²) in [5.41, 5.74) is 3.59. The van der Waals surface area contributed by atoms with Crippen LogP contribution in [0.5, 0.6) is 0 Å². The highest BCUT2D eigenvalue weighted by Crippen LogP contribution is 2.39. The standard InChI is InChI=1S/C26H20N4O2/c31-25-19-9-4-5-10-21(19)29-23-20(25)16-30(26-27-13-6-14-28-26)24(23)22-12-11-18(32-22)15-17-7-2-1-3-8-17/h1-14,24H,15-16H2,(H,29,31). The number of nitrogens with zero attached hydrogens (tertiary/aromatic N) is 3. The van der Waals surface area contributed by atoms with Gasteiger partial charge in [0.2, 0.25) is 5.95 Å². The molecule has 6 heteroatoms. The highest BCUT2D eigenvalue weighted by molar-refractivity contribution is 5.80. The Morgan fingerprint density at radius 1 is 0.938 bits per heavy atom. The monoisotopic (exact) mass is 420 g/mol. The van der Waals surface area contributed by atoms with Crippen molar-refractivity contribution in [1.82, 2.24) is 15.0 Å². The number of benzene rings is 2. The van der Waals surface area contributed by atoms with Gasteiger partial charge in [-0.25, -0.2) is 9.97 Å². The van der Waals surface area contributed by atoms with E-state index in [-0.39, 0.29) is 11.5 Å². The van der Waals surface area contributed by atoms with Crippen LogP contribution < -0.4 is 10.3 Å². The summed E-state index contributed by atoms with van der Waals surface area (Å²) < 4.78 is 6.31. The number of furan rings is 1. The van der Waals surface area contributed by atoms with E-state index in [0.717, 1.165) is 28.3 Å². The van der Waals surface area contributed by atoms with Crippen LogP contribution in [0, 0.1) is 0 Å². The van der Waals surface area contributed by atoms with E-state index < -0.39 is 0 Å². The maximum Gasteiger partial charge on any atom is 0.226 e. The lowest BCUT2D eigenvalue weighted by atomic mass is 10.1. The Labute approximate surface area is 184 Å². The molecular weight excluding hydrogens is 400 g/mol. The van der Waals surface area contributed by atoms with Crippen molar-refractivity contribution in [3.05, 3.63) is 124 Å². The van der Waals surface area contributed by atoms with E-state index in [1.807, 2.05) is 59.5 Å². The number of hydrogen-bond donors (Lipinski definition) is 1. The Morgan fingerprint density at radius 2 is 1.72 bits per heavy atom. The van der Waals surface area contributed by atoms with Crippen LogP contribution in [-0.4, -0.2) is 15.0 Å². The fraction of sp³-hybridized carbons (Fsp3) is 0.115. The molecule has 4 heterocycles. The van der Waals surface area contributed by atoms with Crippen LogP contribution in [0.4, 0.5) is 5.95 Å². The van der Waals surface area contributed by atoms with Crippen molar-refractivity contribution in [2.24, 2.45) is 0 Å². The second kappa shape index (κ2) is 7.50. The summed E-state index contributed by atoms with van der Waals surface area (Å²) in [6, 6.07) is 23.3. The number of rotatable bonds is 4. The molecule has 0 spiro atoms. The van der Waals surface area contributed by atoms with Crippen molar-refractivity contribution in [2.45, 2.75) is 19.0 Å². The molecule has 6 nitrogen and oxygen atoms in total. The molecule has 2 aromatic carbocycles. The first-order valence-corrected chi connectivity index (χ1v) is 10.6. The lowest BCUT2D eigenvalue weighted by Gasteiger charge is -2.23. The van der Waals surface area contributed by atoms with Gasteiger partial charge in [-0.15, -0.1) is 0 Å². The zero-order valence-electron chi connectivity index (χ0n) is 17.2. The van der Waals surface area contributed by atoms with Gasteiger partial charge in [0.15, 0.2) is 5.43 Å². The van der Waals surface area contributed by atoms with E-state index in [2.05, 4.69) is 27.1 Å². The van der Waals surface area contributed by atoms with Crippen LogP contribution in [0.25, 0.3) is 10.9 Å². The van der Waals surface area contributed by atoms with E-state index in [1.54, 1.807) is 18.5 Å². The second-order valence-corrected chi connectivity index (χ2v) is 7.94. The van der Waals surface area contributed by atoms with Crippen molar-refractivity contribution >= 4 is 16.9 Å². The number of pyridine rings is 1. The molecular formula is C26H20N4O2. The number of fused-ring (bicyclic) bond motifs is 2. The Hall–Kier alpha value is -4.19. The molecule has 1 aliphatic rings. The number of para-hydroxylation sites is 1. The molecule has 1 aliphatic heterocycles. The molecule has 1 unspecified atom stereocenters. The summed E-state index contributed by atoms with van der Waals surface area (Å²) in [4.78, 5) is 27.7. The minimum Gasteiger partial charge on any atom is -0.463 e. The lowest BCUT2D eigenvalue weighted by molar-refractivity contribution is 0.449. The first-order valence-electron chi connectivity index (χ1n) is 10.6. The smallest absolute Gasteiger partial charge is 0.226 e. The number of nitrogens with one attached hydrogen (secondary N) is 1. The molecule has 0 fully saturated rings. The summed E-state index contributed by atoms with van der Waals surface area (Å²) >= 11 is 0.